The number of carbonyl (C=O) groups is 1. The molecule has 0 saturated heterocycles. The van der Waals surface area contributed by atoms with E-state index >= 15 is 0 Å². The Morgan fingerprint density at radius 3 is 2.56 bits per heavy atom. The number of nitrogens with zero attached hydrogens (tertiary/aromatic N) is 1. The Kier molecular flexibility index (Phi) is 10.0. The number of aliphatic imine (C=N–C) groups is 1. The molecule has 27 heavy (non-hydrogen) atoms. The van der Waals surface area contributed by atoms with E-state index in [1.54, 1.807) is 20.2 Å². The highest BCUT2D eigenvalue weighted by Gasteiger charge is 2.04. The zero-order valence-electron chi connectivity index (χ0n) is 15.4. The maximum Gasteiger partial charge on any atom is 0.255 e. The Morgan fingerprint density at radius 1 is 1.11 bits per heavy atom. The molecule has 0 bridgehead atoms. The van der Waals surface area contributed by atoms with Crippen molar-refractivity contribution in [1.82, 2.24) is 10.6 Å². The Balaban J connectivity index is 0.00000364. The number of methoxy groups -OCH3 is 1. The summed E-state index contributed by atoms with van der Waals surface area (Å²) in [5.41, 5.74) is 7.12. The lowest BCUT2D eigenvalue weighted by molar-refractivity contribution is -0.119. The number of hydrogen-bond donors (Lipinski definition) is 3. The van der Waals surface area contributed by atoms with Crippen LogP contribution < -0.4 is 25.8 Å². The molecule has 0 radical (unpaired) electrons. The molecule has 0 atom stereocenters. The van der Waals surface area contributed by atoms with Crippen molar-refractivity contribution in [2.24, 2.45) is 10.7 Å². The molecule has 2 aromatic carbocycles. The van der Waals surface area contributed by atoms with Crippen molar-refractivity contribution in [3.05, 3.63) is 59.7 Å². The summed E-state index contributed by atoms with van der Waals surface area (Å²) >= 11 is 0. The molecule has 4 N–H and O–H groups in total. The number of amides is 1. The van der Waals surface area contributed by atoms with E-state index < -0.39 is 5.91 Å². The molecule has 2 rings (SSSR count). The lowest BCUT2D eigenvalue weighted by Gasteiger charge is -2.14. The van der Waals surface area contributed by atoms with E-state index in [1.165, 1.54) is 0 Å². The summed E-state index contributed by atoms with van der Waals surface area (Å²) in [5, 5.41) is 6.49. The minimum absolute atomic E-state index is 0. The normalized spacial score (nSPS) is 10.5. The van der Waals surface area contributed by atoms with Crippen molar-refractivity contribution < 1.29 is 14.3 Å². The fourth-order valence-electron chi connectivity index (χ4n) is 2.33. The summed E-state index contributed by atoms with van der Waals surface area (Å²) in [6.45, 7) is 1.00. The van der Waals surface area contributed by atoms with Gasteiger partial charge in [0.05, 0.1) is 7.11 Å². The van der Waals surface area contributed by atoms with Crippen molar-refractivity contribution in [3.63, 3.8) is 0 Å². The van der Waals surface area contributed by atoms with E-state index in [-0.39, 0.29) is 30.6 Å². The van der Waals surface area contributed by atoms with E-state index in [2.05, 4.69) is 15.6 Å². The second-order valence-corrected chi connectivity index (χ2v) is 5.49. The molecule has 1 amide bonds. The lowest BCUT2D eigenvalue weighted by Crippen LogP contribution is -2.36. The van der Waals surface area contributed by atoms with Crippen molar-refractivity contribution >= 4 is 35.8 Å². The summed E-state index contributed by atoms with van der Waals surface area (Å²) < 4.78 is 10.7. The Labute approximate surface area is 176 Å². The van der Waals surface area contributed by atoms with Crippen LogP contribution in [0.2, 0.25) is 0 Å². The van der Waals surface area contributed by atoms with Crippen LogP contribution in [0.3, 0.4) is 0 Å². The molecule has 0 heterocycles. The van der Waals surface area contributed by atoms with Crippen molar-refractivity contribution in [2.45, 2.75) is 13.1 Å². The first-order chi connectivity index (χ1) is 12.6. The van der Waals surface area contributed by atoms with Gasteiger partial charge in [-0.05, 0) is 23.8 Å². The van der Waals surface area contributed by atoms with Crippen molar-refractivity contribution in [3.8, 4) is 11.5 Å². The summed E-state index contributed by atoms with van der Waals surface area (Å²) in [6, 6.07) is 15.3. The monoisotopic (exact) mass is 484 g/mol. The molecule has 0 aliphatic heterocycles. The minimum atomic E-state index is -0.505. The topological polar surface area (TPSA) is 98.0 Å². The first kappa shape index (κ1) is 22.6. The largest absolute Gasteiger partial charge is 0.496 e. The Bertz CT molecular complexity index is 768. The number of benzene rings is 2. The molecule has 0 spiro atoms. The second kappa shape index (κ2) is 12.0. The molecule has 7 nitrogen and oxygen atoms in total. The zero-order valence-corrected chi connectivity index (χ0v) is 17.7. The van der Waals surface area contributed by atoms with E-state index in [9.17, 15) is 4.79 Å². The third kappa shape index (κ3) is 7.73. The Hall–Kier alpha value is -2.49. The third-order valence-electron chi connectivity index (χ3n) is 3.60. The number of hydrogen-bond acceptors (Lipinski definition) is 4. The van der Waals surface area contributed by atoms with E-state index in [1.807, 2.05) is 42.5 Å². The van der Waals surface area contributed by atoms with Crippen molar-refractivity contribution in [1.29, 1.82) is 0 Å². The number of guanidine groups is 1. The summed E-state index contributed by atoms with van der Waals surface area (Å²) in [5.74, 6) is 1.59. The van der Waals surface area contributed by atoms with Gasteiger partial charge in [-0.3, -0.25) is 9.79 Å². The van der Waals surface area contributed by atoms with Crippen LogP contribution in [0.5, 0.6) is 11.5 Å². The van der Waals surface area contributed by atoms with Crippen LogP contribution in [0.1, 0.15) is 11.1 Å². The number of ether oxygens (including phenoxy) is 2. The average Bonchev–Trinajstić information content (AvgIpc) is 2.67. The highest BCUT2D eigenvalue weighted by Crippen LogP contribution is 2.16. The number of carbonyl (C=O) groups excluding carboxylic acids is 1. The zero-order chi connectivity index (χ0) is 18.8. The highest BCUT2D eigenvalue weighted by molar-refractivity contribution is 14.0. The molecule has 2 aromatic rings. The summed E-state index contributed by atoms with van der Waals surface area (Å²) in [7, 11) is 3.36. The molecule has 0 fully saturated rings. The van der Waals surface area contributed by atoms with Gasteiger partial charge in [0.1, 0.15) is 11.5 Å². The van der Waals surface area contributed by atoms with Crippen LogP contribution in [-0.4, -0.2) is 32.6 Å². The van der Waals surface area contributed by atoms with Crippen LogP contribution in [0, 0.1) is 0 Å². The number of halogens is 1. The Morgan fingerprint density at radius 2 is 1.85 bits per heavy atom. The van der Waals surface area contributed by atoms with Crippen LogP contribution in [0.4, 0.5) is 0 Å². The molecule has 8 heteroatoms. The maximum atomic E-state index is 10.8. The smallest absolute Gasteiger partial charge is 0.255 e. The van der Waals surface area contributed by atoms with Gasteiger partial charge in [0.15, 0.2) is 12.6 Å². The molecule has 0 aromatic heterocycles. The van der Waals surface area contributed by atoms with Gasteiger partial charge in [-0.15, -0.1) is 24.0 Å². The van der Waals surface area contributed by atoms with Crippen molar-refractivity contribution in [2.75, 3.05) is 20.8 Å². The minimum Gasteiger partial charge on any atom is -0.496 e. The number of nitrogens with two attached hydrogens (primary N) is 1. The standard InChI is InChI=1S/C19H24N4O3.HI/c1-21-19(23-12-15-7-3-4-9-17(15)25-2)22-11-14-6-5-8-16(10-14)26-13-18(20)24;/h3-10H,11-13H2,1-2H3,(H2,20,24)(H2,21,22,23);1H. The fraction of sp³-hybridized carbons (Fsp3) is 0.263. The van der Waals surface area contributed by atoms with Crippen LogP contribution in [0.25, 0.3) is 0 Å². The third-order valence-corrected chi connectivity index (χ3v) is 3.60. The van der Waals surface area contributed by atoms with Gasteiger partial charge in [0, 0.05) is 25.7 Å². The van der Waals surface area contributed by atoms with Crippen LogP contribution in [-0.2, 0) is 17.9 Å². The predicted molar refractivity (Wildman–Crippen MR) is 117 cm³/mol. The second-order valence-electron chi connectivity index (χ2n) is 5.49. The van der Waals surface area contributed by atoms with Gasteiger partial charge in [-0.25, -0.2) is 0 Å². The van der Waals surface area contributed by atoms with Gasteiger partial charge in [-0.2, -0.15) is 0 Å². The first-order valence-corrected chi connectivity index (χ1v) is 8.19. The van der Waals surface area contributed by atoms with Crippen LogP contribution >= 0.6 is 24.0 Å². The molecular formula is C19H25IN4O3. The number of nitrogens with one attached hydrogen (secondary N) is 2. The van der Waals surface area contributed by atoms with Crippen LogP contribution in [0.15, 0.2) is 53.5 Å². The van der Waals surface area contributed by atoms with Gasteiger partial charge < -0.3 is 25.8 Å². The molecule has 0 aliphatic carbocycles. The average molecular weight is 484 g/mol. The molecule has 146 valence electrons. The number of para-hydroxylation sites is 1. The quantitative estimate of drug-likeness (QED) is 0.303. The predicted octanol–water partition coefficient (Wildman–Crippen LogP) is 2.04. The first-order valence-electron chi connectivity index (χ1n) is 8.19. The van der Waals surface area contributed by atoms with Gasteiger partial charge in [0.2, 0.25) is 0 Å². The molecule has 0 aliphatic rings. The number of rotatable bonds is 8. The van der Waals surface area contributed by atoms with Gasteiger partial charge in [-0.1, -0.05) is 30.3 Å². The van der Waals surface area contributed by atoms with E-state index in [0.29, 0.717) is 24.8 Å². The maximum absolute atomic E-state index is 10.8. The summed E-state index contributed by atoms with van der Waals surface area (Å²) in [6.07, 6.45) is 0. The van der Waals surface area contributed by atoms with E-state index in [0.717, 1.165) is 16.9 Å². The van der Waals surface area contributed by atoms with Gasteiger partial charge >= 0.3 is 0 Å². The molecule has 0 unspecified atom stereocenters. The number of primary amides is 1. The van der Waals surface area contributed by atoms with Gasteiger partial charge in [0.25, 0.3) is 5.91 Å². The lowest BCUT2D eigenvalue weighted by atomic mass is 10.2. The SMILES string of the molecule is CN=C(NCc1cccc(OCC(N)=O)c1)NCc1ccccc1OC.I. The highest BCUT2D eigenvalue weighted by atomic mass is 127. The molecular weight excluding hydrogens is 459 g/mol. The molecule has 0 saturated carbocycles. The summed E-state index contributed by atoms with van der Waals surface area (Å²) in [4.78, 5) is 15.0. The van der Waals surface area contributed by atoms with E-state index in [4.69, 9.17) is 15.2 Å². The fourth-order valence-corrected chi connectivity index (χ4v) is 2.33.